The molecule has 3 nitrogen and oxygen atoms in total. The van der Waals surface area contributed by atoms with Crippen LogP contribution in [0.25, 0.3) is 0 Å². The van der Waals surface area contributed by atoms with E-state index in [2.05, 4.69) is 26.1 Å². The molecule has 0 bridgehead atoms. The van der Waals surface area contributed by atoms with Crippen molar-refractivity contribution in [3.8, 4) is 11.5 Å². The molecule has 1 aromatic rings. The van der Waals surface area contributed by atoms with Crippen molar-refractivity contribution in [2.24, 2.45) is 5.41 Å². The van der Waals surface area contributed by atoms with Crippen molar-refractivity contribution in [2.45, 2.75) is 53.0 Å². The largest absolute Gasteiger partial charge is 0.497 e. The maximum atomic E-state index is 5.41. The van der Waals surface area contributed by atoms with E-state index in [4.69, 9.17) is 9.47 Å². The van der Waals surface area contributed by atoms with E-state index in [0.717, 1.165) is 30.2 Å². The topological polar surface area (TPSA) is 30.5 Å². The van der Waals surface area contributed by atoms with Crippen molar-refractivity contribution in [1.29, 1.82) is 0 Å². The molecule has 1 aromatic carbocycles. The summed E-state index contributed by atoms with van der Waals surface area (Å²) < 4.78 is 10.7. The minimum absolute atomic E-state index is 0.335. The van der Waals surface area contributed by atoms with Gasteiger partial charge >= 0.3 is 0 Å². The van der Waals surface area contributed by atoms with Gasteiger partial charge in [-0.2, -0.15) is 0 Å². The molecule has 0 unspecified atom stereocenters. The van der Waals surface area contributed by atoms with Crippen LogP contribution in [0, 0.1) is 5.41 Å². The van der Waals surface area contributed by atoms with Crippen molar-refractivity contribution in [3.05, 3.63) is 23.8 Å². The van der Waals surface area contributed by atoms with Crippen LogP contribution in [-0.2, 0) is 6.54 Å². The molecule has 0 aromatic heterocycles. The van der Waals surface area contributed by atoms with E-state index in [1.54, 1.807) is 14.2 Å². The van der Waals surface area contributed by atoms with Gasteiger partial charge in [-0.15, -0.1) is 0 Å². The molecule has 0 aliphatic rings. The zero-order valence-electron chi connectivity index (χ0n) is 14.3. The van der Waals surface area contributed by atoms with Crippen LogP contribution in [0.4, 0.5) is 0 Å². The zero-order chi connectivity index (χ0) is 15.7. The average Bonchev–Trinajstić information content (AvgIpc) is 2.47. The zero-order valence-corrected chi connectivity index (χ0v) is 14.3. The smallest absolute Gasteiger partial charge is 0.123 e. The third-order valence-corrected chi connectivity index (χ3v) is 3.86. The number of methoxy groups -OCH3 is 2. The molecule has 0 saturated heterocycles. The fourth-order valence-electron chi connectivity index (χ4n) is 2.50. The first-order valence-corrected chi connectivity index (χ1v) is 7.94. The van der Waals surface area contributed by atoms with Gasteiger partial charge in [-0.1, -0.05) is 40.0 Å². The summed E-state index contributed by atoms with van der Waals surface area (Å²) in [6.07, 6.45) is 5.19. The van der Waals surface area contributed by atoms with Crippen LogP contribution in [0.15, 0.2) is 18.2 Å². The van der Waals surface area contributed by atoms with E-state index in [-0.39, 0.29) is 0 Å². The van der Waals surface area contributed by atoms with Crippen molar-refractivity contribution in [2.75, 3.05) is 20.8 Å². The van der Waals surface area contributed by atoms with Crippen LogP contribution in [0.3, 0.4) is 0 Å². The highest BCUT2D eigenvalue weighted by molar-refractivity contribution is 5.40. The molecule has 120 valence electrons. The Morgan fingerprint density at radius 3 is 2.48 bits per heavy atom. The molecular formula is C18H31NO2. The highest BCUT2D eigenvalue weighted by Gasteiger charge is 2.17. The van der Waals surface area contributed by atoms with Gasteiger partial charge in [-0.25, -0.2) is 0 Å². The van der Waals surface area contributed by atoms with Gasteiger partial charge < -0.3 is 14.8 Å². The first-order chi connectivity index (χ1) is 10.0. The molecule has 0 atom stereocenters. The monoisotopic (exact) mass is 293 g/mol. The molecular weight excluding hydrogens is 262 g/mol. The standard InChI is InChI=1S/C18H31NO2/c1-6-7-8-11-18(2,3)14-19-13-15-12-16(20-4)9-10-17(15)21-5/h9-10,12,19H,6-8,11,13-14H2,1-5H3. The third-order valence-electron chi connectivity index (χ3n) is 3.86. The molecule has 21 heavy (non-hydrogen) atoms. The van der Waals surface area contributed by atoms with Gasteiger partial charge in [0.2, 0.25) is 0 Å². The van der Waals surface area contributed by atoms with E-state index in [0.29, 0.717) is 5.41 Å². The molecule has 0 radical (unpaired) electrons. The molecule has 0 saturated carbocycles. The molecule has 0 aliphatic heterocycles. The Morgan fingerprint density at radius 2 is 1.86 bits per heavy atom. The maximum Gasteiger partial charge on any atom is 0.123 e. The second-order valence-corrected chi connectivity index (χ2v) is 6.40. The summed E-state index contributed by atoms with van der Waals surface area (Å²) in [5.41, 5.74) is 1.47. The summed E-state index contributed by atoms with van der Waals surface area (Å²) in [6, 6.07) is 5.93. The summed E-state index contributed by atoms with van der Waals surface area (Å²) in [7, 11) is 3.40. The molecule has 1 N–H and O–H groups in total. The van der Waals surface area contributed by atoms with Gasteiger partial charge in [0.05, 0.1) is 14.2 Å². The van der Waals surface area contributed by atoms with Gasteiger partial charge in [0.25, 0.3) is 0 Å². The Hall–Kier alpha value is -1.22. The van der Waals surface area contributed by atoms with Crippen LogP contribution < -0.4 is 14.8 Å². The molecule has 0 heterocycles. The number of nitrogens with one attached hydrogen (secondary N) is 1. The fourth-order valence-corrected chi connectivity index (χ4v) is 2.50. The summed E-state index contributed by atoms with van der Waals surface area (Å²) in [5, 5.41) is 3.56. The molecule has 0 amide bonds. The minimum Gasteiger partial charge on any atom is -0.497 e. The van der Waals surface area contributed by atoms with Gasteiger partial charge in [0.1, 0.15) is 11.5 Å². The van der Waals surface area contributed by atoms with Gasteiger partial charge in [-0.05, 0) is 30.0 Å². The second kappa shape index (κ2) is 8.93. The lowest BCUT2D eigenvalue weighted by molar-refractivity contribution is 0.300. The number of unbranched alkanes of at least 4 members (excludes halogenated alkanes) is 2. The predicted molar refractivity (Wildman–Crippen MR) is 89.2 cm³/mol. The van der Waals surface area contributed by atoms with Crippen molar-refractivity contribution in [1.82, 2.24) is 5.32 Å². The van der Waals surface area contributed by atoms with Gasteiger partial charge in [-0.3, -0.25) is 0 Å². The lowest BCUT2D eigenvalue weighted by Crippen LogP contribution is -2.29. The Labute approximate surface area is 130 Å². The first-order valence-electron chi connectivity index (χ1n) is 7.94. The number of rotatable bonds is 10. The molecule has 0 fully saturated rings. The molecule has 3 heteroatoms. The van der Waals surface area contributed by atoms with E-state index in [1.165, 1.54) is 25.7 Å². The molecule has 0 aliphatic carbocycles. The maximum absolute atomic E-state index is 5.41. The first kappa shape index (κ1) is 17.8. The summed E-state index contributed by atoms with van der Waals surface area (Å²) in [5.74, 6) is 1.78. The van der Waals surface area contributed by atoms with Crippen LogP contribution in [0.2, 0.25) is 0 Å². The Morgan fingerprint density at radius 1 is 1.10 bits per heavy atom. The van der Waals surface area contributed by atoms with Crippen molar-refractivity contribution in [3.63, 3.8) is 0 Å². The van der Waals surface area contributed by atoms with Crippen LogP contribution in [0.5, 0.6) is 11.5 Å². The lowest BCUT2D eigenvalue weighted by atomic mass is 9.87. The lowest BCUT2D eigenvalue weighted by Gasteiger charge is -2.25. The fraction of sp³-hybridized carbons (Fsp3) is 0.667. The van der Waals surface area contributed by atoms with Crippen molar-refractivity contribution < 1.29 is 9.47 Å². The van der Waals surface area contributed by atoms with Crippen LogP contribution in [0.1, 0.15) is 52.0 Å². The number of hydrogen-bond donors (Lipinski definition) is 1. The molecule has 0 spiro atoms. The van der Waals surface area contributed by atoms with E-state index >= 15 is 0 Å². The molecule has 1 rings (SSSR count). The predicted octanol–water partition coefficient (Wildman–Crippen LogP) is 4.40. The quantitative estimate of drug-likeness (QED) is 0.649. The number of hydrogen-bond acceptors (Lipinski definition) is 3. The van der Waals surface area contributed by atoms with E-state index in [9.17, 15) is 0 Å². The van der Waals surface area contributed by atoms with E-state index < -0.39 is 0 Å². The summed E-state index contributed by atoms with van der Waals surface area (Å²) in [6.45, 7) is 8.73. The number of ether oxygens (including phenoxy) is 2. The van der Waals surface area contributed by atoms with Crippen molar-refractivity contribution >= 4 is 0 Å². The highest BCUT2D eigenvalue weighted by atomic mass is 16.5. The third kappa shape index (κ3) is 6.38. The highest BCUT2D eigenvalue weighted by Crippen LogP contribution is 2.25. The summed E-state index contributed by atoms with van der Waals surface area (Å²) >= 11 is 0. The minimum atomic E-state index is 0.335. The number of benzene rings is 1. The van der Waals surface area contributed by atoms with Crippen LogP contribution in [-0.4, -0.2) is 20.8 Å². The Kier molecular flexibility index (Phi) is 7.58. The SMILES string of the molecule is CCCCCC(C)(C)CNCc1cc(OC)ccc1OC. The average molecular weight is 293 g/mol. The van der Waals surface area contributed by atoms with E-state index in [1.807, 2.05) is 18.2 Å². The second-order valence-electron chi connectivity index (χ2n) is 6.40. The van der Waals surface area contributed by atoms with Gasteiger partial charge in [0.15, 0.2) is 0 Å². The summed E-state index contributed by atoms with van der Waals surface area (Å²) in [4.78, 5) is 0. The Bertz CT molecular complexity index is 416. The Balaban J connectivity index is 2.50. The normalized spacial score (nSPS) is 11.5. The van der Waals surface area contributed by atoms with Crippen LogP contribution >= 0.6 is 0 Å². The van der Waals surface area contributed by atoms with Gasteiger partial charge in [0, 0.05) is 18.7 Å².